The van der Waals surface area contributed by atoms with Gasteiger partial charge in [0.05, 0.1) is 24.9 Å². The molecule has 0 aliphatic carbocycles. The summed E-state index contributed by atoms with van der Waals surface area (Å²) in [4.78, 5) is 117. The fourth-order valence-corrected chi connectivity index (χ4v) is 10.9. The smallest absolute Gasteiger partial charge is 0.251 e. The highest BCUT2D eigenvalue weighted by atomic mass is 16.5. The number of aryl methyl sites for hydroxylation is 1. The summed E-state index contributed by atoms with van der Waals surface area (Å²) in [7, 11) is 0. The van der Waals surface area contributed by atoms with Gasteiger partial charge in [-0.3, -0.25) is 38.4 Å². The molecule has 21 nitrogen and oxygen atoms in total. The van der Waals surface area contributed by atoms with Crippen molar-refractivity contribution in [3.05, 3.63) is 144 Å². The molecule has 5 aromatic carbocycles. The van der Waals surface area contributed by atoms with Gasteiger partial charge in [0, 0.05) is 43.2 Å². The Morgan fingerprint density at radius 2 is 1.16 bits per heavy atom. The van der Waals surface area contributed by atoms with Crippen molar-refractivity contribution in [2.24, 2.45) is 0 Å². The molecule has 0 bridgehead atoms. The molecular formula is C64H76N8O13. The number of amides is 8. The number of phenols is 1. The van der Waals surface area contributed by atoms with E-state index in [4.69, 9.17) is 4.74 Å². The molecule has 3 aliphatic heterocycles. The number of aliphatic hydroxyl groups is 3. The molecule has 10 atom stereocenters. The van der Waals surface area contributed by atoms with E-state index in [2.05, 4.69) is 38.8 Å². The Labute approximate surface area is 493 Å². The molecule has 450 valence electrons. The zero-order chi connectivity index (χ0) is 60.7. The van der Waals surface area contributed by atoms with Crippen LogP contribution in [0.4, 0.5) is 0 Å². The van der Waals surface area contributed by atoms with E-state index in [0.717, 1.165) is 57.1 Å². The molecule has 5 aromatic rings. The molecule has 3 heterocycles. The lowest BCUT2D eigenvalue weighted by Gasteiger charge is -2.32. The van der Waals surface area contributed by atoms with E-state index >= 15 is 0 Å². The van der Waals surface area contributed by atoms with Gasteiger partial charge in [0.15, 0.2) is 0 Å². The number of phenolic OH excluding ortho intramolecular Hbond substituents is 1. The molecule has 3 fully saturated rings. The molecule has 3 aliphatic rings. The van der Waals surface area contributed by atoms with E-state index in [1.54, 1.807) is 66.7 Å². The van der Waals surface area contributed by atoms with Crippen molar-refractivity contribution < 1.29 is 63.5 Å². The Morgan fingerprint density at radius 3 is 1.76 bits per heavy atom. The SMILES string of the molecule is CCCCCOc1ccc(-c2ccc(-c3ccc(C(=O)N[C@H]4CCCNC(=O)[C@@H]5C[C@H](NC(=O)c6ccccc6)CN5C(=O)[C@H]([C@@H](C)O)NC(=O)[C@H](CCc5ccc(O)cc5)NC(=O)[C@@H]5C[C@@H](O)CN5C(=O)[C@H]([C@@H](C)O)NC4=O)cc3)cc2)cc1. The van der Waals surface area contributed by atoms with Crippen LogP contribution in [0.3, 0.4) is 0 Å². The fraction of sp³-hybridized carbons (Fsp3) is 0.406. The van der Waals surface area contributed by atoms with Crippen LogP contribution >= 0.6 is 0 Å². The van der Waals surface area contributed by atoms with Gasteiger partial charge in [0.1, 0.15) is 47.8 Å². The predicted octanol–water partition coefficient (Wildman–Crippen LogP) is 3.51. The second kappa shape index (κ2) is 29.2. The van der Waals surface area contributed by atoms with Crippen LogP contribution in [0.25, 0.3) is 22.3 Å². The van der Waals surface area contributed by atoms with Crippen LogP contribution in [0.5, 0.6) is 11.5 Å². The van der Waals surface area contributed by atoms with Gasteiger partial charge in [-0.25, -0.2) is 0 Å². The van der Waals surface area contributed by atoms with Crippen molar-refractivity contribution in [3.8, 4) is 33.8 Å². The van der Waals surface area contributed by atoms with E-state index in [9.17, 15) is 58.8 Å². The summed E-state index contributed by atoms with van der Waals surface area (Å²) in [6.45, 7) is 4.62. The van der Waals surface area contributed by atoms with Crippen molar-refractivity contribution in [2.45, 2.75) is 139 Å². The number of aromatic hydroxyl groups is 1. The highest BCUT2D eigenvalue weighted by molar-refractivity contribution is 6.00. The highest BCUT2D eigenvalue weighted by Gasteiger charge is 2.46. The molecule has 0 unspecified atom stereocenters. The number of fused-ring (bicyclic) bond motifs is 2. The maximum atomic E-state index is 14.7. The lowest BCUT2D eigenvalue weighted by Crippen LogP contribution is -2.61. The summed E-state index contributed by atoms with van der Waals surface area (Å²) < 4.78 is 5.87. The fourth-order valence-electron chi connectivity index (χ4n) is 10.9. The summed E-state index contributed by atoms with van der Waals surface area (Å²) in [5, 5.41) is 59.5. The zero-order valence-corrected chi connectivity index (χ0v) is 47.9. The highest BCUT2D eigenvalue weighted by Crippen LogP contribution is 2.28. The Balaban J connectivity index is 1.05. The number of rotatable bonds is 16. The van der Waals surface area contributed by atoms with Crippen molar-refractivity contribution in [1.82, 2.24) is 41.7 Å². The van der Waals surface area contributed by atoms with Crippen LogP contribution in [-0.4, -0.2) is 164 Å². The molecule has 0 aromatic heterocycles. The van der Waals surface area contributed by atoms with Crippen LogP contribution in [0, 0.1) is 0 Å². The largest absolute Gasteiger partial charge is 0.508 e. The second-order valence-corrected chi connectivity index (χ2v) is 22.1. The minimum absolute atomic E-state index is 0.0133. The average Bonchev–Trinajstić information content (AvgIpc) is 4.37. The third-order valence-corrected chi connectivity index (χ3v) is 15.7. The molecule has 21 heteroatoms. The number of carbonyl (C=O) groups is 8. The number of ether oxygens (including phenoxy) is 1. The Bertz CT molecular complexity index is 3130. The van der Waals surface area contributed by atoms with Gasteiger partial charge in [0.25, 0.3) is 11.8 Å². The van der Waals surface area contributed by atoms with Crippen molar-refractivity contribution in [2.75, 3.05) is 26.2 Å². The first kappa shape index (κ1) is 62.4. The summed E-state index contributed by atoms with van der Waals surface area (Å²) in [5.74, 6) is -5.53. The lowest BCUT2D eigenvalue weighted by molar-refractivity contribution is -0.145. The number of hydrogen-bond donors (Lipinski definition) is 10. The van der Waals surface area contributed by atoms with Crippen molar-refractivity contribution in [1.29, 1.82) is 0 Å². The van der Waals surface area contributed by atoms with Crippen LogP contribution in [0.1, 0.15) is 98.4 Å². The Morgan fingerprint density at radius 1 is 0.624 bits per heavy atom. The first-order valence-electron chi connectivity index (χ1n) is 29.1. The van der Waals surface area contributed by atoms with Crippen molar-refractivity contribution in [3.63, 3.8) is 0 Å². The molecule has 0 spiro atoms. The van der Waals surface area contributed by atoms with E-state index < -0.39 is 114 Å². The van der Waals surface area contributed by atoms with E-state index in [-0.39, 0.29) is 62.9 Å². The standard InChI is InChI=1S/C64H76N8O13/c1-4-5-9-33-85-50-29-25-44(26-30-50)42-19-17-41(18-20-42)43-21-23-46(24-22-43)58(78)67-51-13-10-32-65-61(81)53-34-47(66-57(77)45-11-7-6-8-12-45)36-71(53)63(83)55(38(2)73)70-60(80)52(31-16-40-14-27-48(75)28-15-40)68-62(82)54-35-49(76)37-72(54)64(84)56(39(3)74)69-59(51)79/h6-8,11-12,14-15,17-30,38-39,47,49,51-56,73-76H,4-5,9-10,13,16,31-37H2,1-3H3,(H,65,81)(H,66,77)(H,67,78)(H,68,82)(H,69,79)(H,70,80)/t38-,39-,47+,49-,51+,52+,53+,54+,55+,56+/m1/s1. The molecule has 8 rings (SSSR count). The first-order valence-corrected chi connectivity index (χ1v) is 29.1. The zero-order valence-electron chi connectivity index (χ0n) is 47.9. The first-order chi connectivity index (χ1) is 40.9. The number of nitrogens with one attached hydrogen (secondary N) is 6. The molecular weight excluding hydrogens is 1090 g/mol. The summed E-state index contributed by atoms with van der Waals surface area (Å²) >= 11 is 0. The summed E-state index contributed by atoms with van der Waals surface area (Å²) in [5.41, 5.74) is 4.88. The van der Waals surface area contributed by atoms with Crippen LogP contribution < -0.4 is 36.6 Å². The van der Waals surface area contributed by atoms with Gasteiger partial charge in [-0.05, 0) is 129 Å². The van der Waals surface area contributed by atoms with Gasteiger partial charge in [-0.2, -0.15) is 0 Å². The van der Waals surface area contributed by atoms with Gasteiger partial charge < -0.3 is 66.9 Å². The predicted molar refractivity (Wildman–Crippen MR) is 315 cm³/mol. The van der Waals surface area contributed by atoms with Gasteiger partial charge >= 0.3 is 0 Å². The Kier molecular flexibility index (Phi) is 21.5. The minimum atomic E-state index is -1.71. The molecule has 8 amide bonds. The Hall–Kier alpha value is -8.66. The second-order valence-electron chi connectivity index (χ2n) is 22.1. The number of nitrogens with zero attached hydrogens (tertiary/aromatic N) is 2. The third kappa shape index (κ3) is 16.4. The summed E-state index contributed by atoms with van der Waals surface area (Å²) in [6.07, 6.45) is -1.60. The molecule has 3 saturated heterocycles. The minimum Gasteiger partial charge on any atom is -0.508 e. The van der Waals surface area contributed by atoms with Crippen LogP contribution in [0.15, 0.2) is 127 Å². The lowest BCUT2D eigenvalue weighted by atomic mass is 9.99. The number of hydrogen-bond acceptors (Lipinski definition) is 13. The monoisotopic (exact) mass is 1160 g/mol. The molecule has 0 radical (unpaired) electrons. The topological polar surface area (TPSA) is 305 Å². The van der Waals surface area contributed by atoms with E-state index in [1.165, 1.54) is 26.0 Å². The number of benzene rings is 5. The van der Waals surface area contributed by atoms with Gasteiger partial charge in [-0.1, -0.05) is 98.6 Å². The van der Waals surface area contributed by atoms with Crippen molar-refractivity contribution >= 4 is 47.3 Å². The van der Waals surface area contributed by atoms with Crippen LogP contribution in [0.2, 0.25) is 0 Å². The number of carbonyl (C=O) groups excluding carboxylic acids is 8. The van der Waals surface area contributed by atoms with Gasteiger partial charge in [-0.15, -0.1) is 0 Å². The quantitative estimate of drug-likeness (QED) is 0.0634. The molecule has 10 N–H and O–H groups in total. The van der Waals surface area contributed by atoms with E-state index in [0.29, 0.717) is 17.7 Å². The molecule has 85 heavy (non-hydrogen) atoms. The maximum absolute atomic E-state index is 14.7. The normalized spacial score (nSPS) is 23.4. The van der Waals surface area contributed by atoms with Crippen LogP contribution in [-0.2, 0) is 35.2 Å². The summed E-state index contributed by atoms with van der Waals surface area (Å²) in [6, 6.07) is 27.3. The number of unbranched alkanes of at least 4 members (excludes halogenated alkanes) is 2. The maximum Gasteiger partial charge on any atom is 0.251 e. The van der Waals surface area contributed by atoms with Gasteiger partial charge in [0.2, 0.25) is 35.4 Å². The molecule has 0 saturated carbocycles. The number of aliphatic hydroxyl groups excluding tert-OH is 3. The van der Waals surface area contributed by atoms with E-state index in [1.807, 2.05) is 48.5 Å². The third-order valence-electron chi connectivity index (χ3n) is 15.7. The average molecular weight is 1170 g/mol.